The van der Waals surface area contributed by atoms with E-state index in [9.17, 15) is 0 Å². The summed E-state index contributed by atoms with van der Waals surface area (Å²) >= 11 is 0. The van der Waals surface area contributed by atoms with Gasteiger partial charge in [-0.2, -0.15) is 0 Å². The molecular weight excluding hydrogens is 186 g/mol. The van der Waals surface area contributed by atoms with Gasteiger partial charge < -0.3 is 9.88 Å². The predicted molar refractivity (Wildman–Crippen MR) is 61.9 cm³/mol. The van der Waals surface area contributed by atoms with Crippen LogP contribution in [0, 0.1) is 5.92 Å². The Balaban J connectivity index is 2.10. The average Bonchev–Trinajstić information content (AvgIpc) is 2.66. The lowest BCUT2D eigenvalue weighted by atomic mass is 9.91. The van der Waals surface area contributed by atoms with E-state index < -0.39 is 0 Å². The summed E-state index contributed by atoms with van der Waals surface area (Å²) in [4.78, 5) is 4.52. The molecule has 0 aromatic carbocycles. The first kappa shape index (κ1) is 10.7. The van der Waals surface area contributed by atoms with Gasteiger partial charge in [0.25, 0.3) is 0 Å². The predicted octanol–water partition coefficient (Wildman–Crippen LogP) is 2.01. The van der Waals surface area contributed by atoms with Crippen LogP contribution in [0.25, 0.3) is 0 Å². The molecule has 0 spiro atoms. The molecule has 2 rings (SSSR count). The summed E-state index contributed by atoms with van der Waals surface area (Å²) in [7, 11) is 0. The van der Waals surface area contributed by atoms with Crippen molar-refractivity contribution >= 4 is 0 Å². The van der Waals surface area contributed by atoms with Crippen LogP contribution in [0.15, 0.2) is 12.4 Å². The second-order valence-electron chi connectivity index (χ2n) is 4.67. The Morgan fingerprint density at radius 2 is 2.40 bits per heavy atom. The van der Waals surface area contributed by atoms with Gasteiger partial charge in [-0.1, -0.05) is 13.8 Å². The third kappa shape index (κ3) is 2.40. The molecule has 1 aliphatic rings. The summed E-state index contributed by atoms with van der Waals surface area (Å²) in [6, 6.07) is 0. The summed E-state index contributed by atoms with van der Waals surface area (Å²) in [5.41, 5.74) is 0. The van der Waals surface area contributed by atoms with E-state index in [1.165, 1.54) is 18.7 Å². The van der Waals surface area contributed by atoms with E-state index in [1.54, 1.807) is 0 Å². The second-order valence-corrected chi connectivity index (χ2v) is 4.67. The van der Waals surface area contributed by atoms with Gasteiger partial charge >= 0.3 is 0 Å². The van der Waals surface area contributed by atoms with Crippen molar-refractivity contribution < 1.29 is 0 Å². The zero-order valence-electron chi connectivity index (χ0n) is 9.74. The SMILES string of the molecule is CCCn1ccnc1C1CNCC(C)C1. The van der Waals surface area contributed by atoms with Crippen molar-refractivity contribution in [1.82, 2.24) is 14.9 Å². The Hall–Kier alpha value is -0.830. The Morgan fingerprint density at radius 1 is 1.53 bits per heavy atom. The molecule has 1 saturated heterocycles. The lowest BCUT2D eigenvalue weighted by Crippen LogP contribution is -2.35. The van der Waals surface area contributed by atoms with Crippen LogP contribution in [0.5, 0.6) is 0 Å². The summed E-state index contributed by atoms with van der Waals surface area (Å²) in [5, 5.41) is 3.49. The van der Waals surface area contributed by atoms with Gasteiger partial charge in [-0.05, 0) is 25.3 Å². The molecule has 3 heteroatoms. The summed E-state index contributed by atoms with van der Waals surface area (Å²) in [6.45, 7) is 7.87. The molecule has 1 aromatic heterocycles. The summed E-state index contributed by atoms with van der Waals surface area (Å²) in [5.74, 6) is 2.65. The van der Waals surface area contributed by atoms with E-state index >= 15 is 0 Å². The number of hydrogen-bond acceptors (Lipinski definition) is 2. The number of nitrogens with one attached hydrogen (secondary N) is 1. The molecule has 1 N–H and O–H groups in total. The molecule has 15 heavy (non-hydrogen) atoms. The van der Waals surface area contributed by atoms with Crippen molar-refractivity contribution in [3.8, 4) is 0 Å². The fraction of sp³-hybridized carbons (Fsp3) is 0.750. The molecule has 1 aliphatic heterocycles. The van der Waals surface area contributed by atoms with Crippen molar-refractivity contribution in [1.29, 1.82) is 0 Å². The zero-order valence-corrected chi connectivity index (χ0v) is 9.74. The quantitative estimate of drug-likeness (QED) is 0.821. The molecular formula is C12H21N3. The minimum Gasteiger partial charge on any atom is -0.335 e. The van der Waals surface area contributed by atoms with E-state index in [0.29, 0.717) is 5.92 Å². The molecule has 0 aliphatic carbocycles. The van der Waals surface area contributed by atoms with Crippen molar-refractivity contribution in [2.45, 2.75) is 39.2 Å². The standard InChI is InChI=1S/C12H21N3/c1-3-5-15-6-4-14-12(15)11-7-10(2)8-13-9-11/h4,6,10-11,13H,3,5,7-9H2,1-2H3. The normalized spacial score (nSPS) is 26.8. The second kappa shape index (κ2) is 4.79. The number of hydrogen-bond donors (Lipinski definition) is 1. The highest BCUT2D eigenvalue weighted by atomic mass is 15.1. The third-order valence-electron chi connectivity index (χ3n) is 3.15. The van der Waals surface area contributed by atoms with Gasteiger partial charge in [-0.15, -0.1) is 0 Å². The highest BCUT2D eigenvalue weighted by Crippen LogP contribution is 2.25. The lowest BCUT2D eigenvalue weighted by Gasteiger charge is -2.27. The van der Waals surface area contributed by atoms with Gasteiger partial charge in [0.15, 0.2) is 0 Å². The molecule has 2 atom stereocenters. The van der Waals surface area contributed by atoms with Gasteiger partial charge in [0.05, 0.1) is 0 Å². The van der Waals surface area contributed by atoms with Crippen molar-refractivity contribution in [3.05, 3.63) is 18.2 Å². The zero-order chi connectivity index (χ0) is 10.7. The van der Waals surface area contributed by atoms with Gasteiger partial charge in [-0.3, -0.25) is 0 Å². The Bertz CT molecular complexity index is 306. The highest BCUT2D eigenvalue weighted by molar-refractivity contribution is 5.03. The monoisotopic (exact) mass is 207 g/mol. The average molecular weight is 207 g/mol. The molecule has 0 bridgehead atoms. The van der Waals surface area contributed by atoms with Gasteiger partial charge in [-0.25, -0.2) is 4.98 Å². The van der Waals surface area contributed by atoms with Crippen LogP contribution < -0.4 is 5.32 Å². The fourth-order valence-electron chi connectivity index (χ4n) is 2.46. The number of nitrogens with zero attached hydrogens (tertiary/aromatic N) is 2. The first-order valence-electron chi connectivity index (χ1n) is 6.03. The largest absolute Gasteiger partial charge is 0.335 e. The van der Waals surface area contributed by atoms with Crippen LogP contribution in [0.1, 0.15) is 38.4 Å². The molecule has 1 aromatic rings. The number of piperidine rings is 1. The molecule has 0 amide bonds. The maximum atomic E-state index is 4.52. The first-order valence-corrected chi connectivity index (χ1v) is 6.03. The van der Waals surface area contributed by atoms with Gasteiger partial charge in [0.1, 0.15) is 5.82 Å². The molecule has 2 unspecified atom stereocenters. The first-order chi connectivity index (χ1) is 7.31. The van der Waals surface area contributed by atoms with E-state index in [2.05, 4.69) is 34.9 Å². The molecule has 84 valence electrons. The fourth-order valence-corrected chi connectivity index (χ4v) is 2.46. The van der Waals surface area contributed by atoms with Crippen LogP contribution in [0.2, 0.25) is 0 Å². The number of aryl methyl sites for hydroxylation is 1. The lowest BCUT2D eigenvalue weighted by molar-refractivity contribution is 0.347. The molecule has 0 saturated carbocycles. The maximum Gasteiger partial charge on any atom is 0.113 e. The van der Waals surface area contributed by atoms with Crippen molar-refractivity contribution in [2.24, 2.45) is 5.92 Å². The number of aromatic nitrogens is 2. The number of rotatable bonds is 3. The molecule has 3 nitrogen and oxygen atoms in total. The molecule has 0 radical (unpaired) electrons. The third-order valence-corrected chi connectivity index (χ3v) is 3.15. The van der Waals surface area contributed by atoms with Crippen LogP contribution >= 0.6 is 0 Å². The minimum atomic E-state index is 0.607. The van der Waals surface area contributed by atoms with Crippen LogP contribution in [0.3, 0.4) is 0 Å². The smallest absolute Gasteiger partial charge is 0.113 e. The highest BCUT2D eigenvalue weighted by Gasteiger charge is 2.23. The molecule has 1 fully saturated rings. The van der Waals surface area contributed by atoms with Gasteiger partial charge in [0, 0.05) is 31.4 Å². The van der Waals surface area contributed by atoms with E-state index in [0.717, 1.165) is 25.6 Å². The van der Waals surface area contributed by atoms with E-state index in [1.807, 2.05) is 6.20 Å². The van der Waals surface area contributed by atoms with Crippen molar-refractivity contribution in [2.75, 3.05) is 13.1 Å². The maximum absolute atomic E-state index is 4.52. The van der Waals surface area contributed by atoms with E-state index in [-0.39, 0.29) is 0 Å². The Kier molecular flexibility index (Phi) is 3.41. The van der Waals surface area contributed by atoms with Crippen molar-refractivity contribution in [3.63, 3.8) is 0 Å². The van der Waals surface area contributed by atoms with Crippen LogP contribution in [-0.4, -0.2) is 22.6 Å². The Morgan fingerprint density at radius 3 is 3.13 bits per heavy atom. The molecule has 2 heterocycles. The van der Waals surface area contributed by atoms with Gasteiger partial charge in [0.2, 0.25) is 0 Å². The minimum absolute atomic E-state index is 0.607. The number of imidazole rings is 1. The Labute approximate surface area is 91.9 Å². The van der Waals surface area contributed by atoms with E-state index in [4.69, 9.17) is 0 Å². The van der Waals surface area contributed by atoms with Crippen LogP contribution in [-0.2, 0) is 6.54 Å². The topological polar surface area (TPSA) is 29.9 Å². The summed E-state index contributed by atoms with van der Waals surface area (Å²) in [6.07, 6.45) is 6.50. The summed E-state index contributed by atoms with van der Waals surface area (Å²) < 4.78 is 2.31. The van der Waals surface area contributed by atoms with Crippen LogP contribution in [0.4, 0.5) is 0 Å².